The van der Waals surface area contributed by atoms with Crippen LogP contribution in [0, 0.1) is 11.3 Å². The Bertz CT molecular complexity index is 1760. The first-order chi connectivity index (χ1) is 22.0. The van der Waals surface area contributed by atoms with Gasteiger partial charge in [-0.3, -0.25) is 4.79 Å². The molecule has 1 aliphatic carbocycles. The number of alkyl halides is 3. The predicted octanol–water partition coefficient (Wildman–Crippen LogP) is 5.13. The Balaban J connectivity index is 1.16. The van der Waals surface area contributed by atoms with Gasteiger partial charge in [0.15, 0.2) is 10.8 Å². The van der Waals surface area contributed by atoms with Gasteiger partial charge in [0.1, 0.15) is 11.0 Å². The molecule has 1 atom stereocenters. The van der Waals surface area contributed by atoms with Crippen LogP contribution in [-0.4, -0.2) is 81.6 Å². The van der Waals surface area contributed by atoms with Crippen molar-refractivity contribution in [3.8, 4) is 11.7 Å². The van der Waals surface area contributed by atoms with Crippen LogP contribution in [0.1, 0.15) is 56.3 Å². The van der Waals surface area contributed by atoms with Gasteiger partial charge in [-0.15, -0.1) is 5.10 Å². The zero-order valence-electron chi connectivity index (χ0n) is 25.4. The maximum Gasteiger partial charge on any atom is 0.407 e. The normalized spacial score (nSPS) is 18.5. The second-order valence-corrected chi connectivity index (χ2v) is 14.1. The first-order valence-corrected chi connectivity index (χ1v) is 16.6. The molecule has 2 aliphatic rings. The molecule has 5 rings (SSSR count). The number of hydrogen-bond donors (Lipinski definition) is 3. The molecule has 2 fully saturated rings. The van der Waals surface area contributed by atoms with Crippen LogP contribution in [0.5, 0.6) is 5.88 Å². The number of halogens is 4. The van der Waals surface area contributed by atoms with Crippen molar-refractivity contribution in [2.75, 3.05) is 25.0 Å². The van der Waals surface area contributed by atoms with E-state index in [9.17, 15) is 36.3 Å². The molecule has 0 radical (unpaired) electrons. The molecule has 254 valence electrons. The number of hydrogen-bond acceptors (Lipinski definition) is 9. The number of aromatic nitrogens is 4. The Hall–Kier alpha value is -4.12. The molecule has 4 heterocycles. The maximum atomic E-state index is 13.1. The van der Waals surface area contributed by atoms with Gasteiger partial charge >= 0.3 is 12.3 Å². The Morgan fingerprint density at radius 3 is 2.53 bits per heavy atom. The van der Waals surface area contributed by atoms with Crippen LogP contribution >= 0.6 is 11.6 Å². The minimum atomic E-state index is -4.42. The highest BCUT2D eigenvalue weighted by molar-refractivity contribution is 7.90. The SMILES string of the molecule is CC1(C)C(CCNc2cccc(S(=O)(=O)NC(=O)c3ccc(-n4ccc(OCCC5(C(F)(F)F)CC5)n4)nc3Cl)n2)CCN1C(=O)O. The molecule has 1 unspecified atom stereocenters. The lowest BCUT2D eigenvalue weighted by Crippen LogP contribution is -2.45. The molecular weight excluding hydrogens is 667 g/mol. The first-order valence-electron chi connectivity index (χ1n) is 14.7. The summed E-state index contributed by atoms with van der Waals surface area (Å²) in [7, 11) is -4.42. The zero-order chi connectivity index (χ0) is 34.2. The number of pyridine rings is 2. The number of nitrogens with zero attached hydrogens (tertiary/aromatic N) is 5. The van der Waals surface area contributed by atoms with E-state index in [1.807, 2.05) is 18.6 Å². The Morgan fingerprint density at radius 1 is 1.15 bits per heavy atom. The molecule has 0 bridgehead atoms. The Labute approximate surface area is 273 Å². The number of amides is 2. The summed E-state index contributed by atoms with van der Waals surface area (Å²) in [5, 5.41) is 15.9. The van der Waals surface area contributed by atoms with E-state index in [1.165, 1.54) is 46.1 Å². The Morgan fingerprint density at radius 2 is 1.89 bits per heavy atom. The fourth-order valence-electron chi connectivity index (χ4n) is 5.66. The van der Waals surface area contributed by atoms with Gasteiger partial charge in [0, 0.05) is 30.9 Å². The summed E-state index contributed by atoms with van der Waals surface area (Å²) in [6, 6.07) is 8.30. The van der Waals surface area contributed by atoms with E-state index in [2.05, 4.69) is 20.4 Å². The summed E-state index contributed by atoms with van der Waals surface area (Å²) in [5.74, 6) is -0.480. The fraction of sp³-hybridized carbons (Fsp3) is 0.483. The summed E-state index contributed by atoms with van der Waals surface area (Å²) >= 11 is 6.22. The standard InChI is InChI=1S/C29H33ClF3N7O6S/c1-27(2)18(9-15-39(27)26(42)43)8-14-34-20-4-3-5-23(35-20)47(44,45)38-25(41)19-6-7-21(36-24(19)30)40-16-10-22(37-40)46-17-13-28(11-12-28)29(31,32)33/h3-7,10,16,18H,8-9,11-15,17H2,1-2H3,(H,34,35)(H,38,41)(H,42,43). The zero-order valence-corrected chi connectivity index (χ0v) is 27.0. The van der Waals surface area contributed by atoms with E-state index in [0.29, 0.717) is 25.9 Å². The summed E-state index contributed by atoms with van der Waals surface area (Å²) < 4.78 is 73.9. The topological polar surface area (TPSA) is 169 Å². The van der Waals surface area contributed by atoms with E-state index >= 15 is 0 Å². The van der Waals surface area contributed by atoms with Crippen molar-refractivity contribution in [2.24, 2.45) is 11.3 Å². The molecule has 3 aromatic heterocycles. The molecule has 2 amide bonds. The number of nitrogens with one attached hydrogen (secondary N) is 2. The van der Waals surface area contributed by atoms with Gasteiger partial charge < -0.3 is 20.1 Å². The van der Waals surface area contributed by atoms with Crippen LogP contribution in [0.2, 0.25) is 5.15 Å². The quantitative estimate of drug-likeness (QED) is 0.216. The van der Waals surface area contributed by atoms with Crippen LogP contribution in [-0.2, 0) is 10.0 Å². The minimum absolute atomic E-state index is 0.0743. The Kier molecular flexibility index (Phi) is 9.34. The molecule has 1 aliphatic heterocycles. The van der Waals surface area contributed by atoms with Gasteiger partial charge in [-0.1, -0.05) is 17.7 Å². The fourth-order valence-corrected chi connectivity index (χ4v) is 6.83. The second-order valence-electron chi connectivity index (χ2n) is 12.1. The van der Waals surface area contributed by atoms with Gasteiger partial charge in [0.2, 0.25) is 5.88 Å². The predicted molar refractivity (Wildman–Crippen MR) is 163 cm³/mol. The van der Waals surface area contributed by atoms with Crippen LogP contribution < -0.4 is 14.8 Å². The number of carbonyl (C=O) groups excluding carboxylic acids is 1. The molecule has 13 nitrogen and oxygen atoms in total. The molecule has 3 aromatic rings. The third kappa shape index (κ3) is 7.40. The third-order valence-corrected chi connectivity index (χ3v) is 10.3. The van der Waals surface area contributed by atoms with Gasteiger partial charge in [0.25, 0.3) is 15.9 Å². The minimum Gasteiger partial charge on any atom is -0.477 e. The number of carbonyl (C=O) groups is 2. The number of likely N-dealkylation sites (tertiary alicyclic amines) is 1. The number of ether oxygens (including phenoxy) is 1. The maximum absolute atomic E-state index is 13.1. The number of rotatable bonds is 12. The van der Waals surface area contributed by atoms with Crippen molar-refractivity contribution in [1.29, 1.82) is 0 Å². The second kappa shape index (κ2) is 12.8. The lowest BCUT2D eigenvalue weighted by Gasteiger charge is -2.34. The molecule has 47 heavy (non-hydrogen) atoms. The number of carboxylic acid groups (broad SMARTS) is 1. The summed E-state index contributed by atoms with van der Waals surface area (Å²) in [6.07, 6.45) is -2.48. The summed E-state index contributed by atoms with van der Waals surface area (Å²) in [5.41, 5.74) is -2.47. The van der Waals surface area contributed by atoms with Crippen molar-refractivity contribution < 1.29 is 41.0 Å². The molecule has 0 aromatic carbocycles. The van der Waals surface area contributed by atoms with Crippen LogP contribution in [0.4, 0.5) is 23.8 Å². The van der Waals surface area contributed by atoms with Crippen molar-refractivity contribution >= 4 is 39.4 Å². The van der Waals surface area contributed by atoms with E-state index in [1.54, 1.807) is 6.07 Å². The molecular formula is C29H33ClF3N7O6S. The van der Waals surface area contributed by atoms with Crippen LogP contribution in [0.25, 0.3) is 5.82 Å². The molecule has 18 heteroatoms. The third-order valence-electron chi connectivity index (χ3n) is 8.82. The van der Waals surface area contributed by atoms with Gasteiger partial charge in [-0.2, -0.15) is 21.6 Å². The molecule has 1 saturated carbocycles. The smallest absolute Gasteiger partial charge is 0.407 e. The highest BCUT2D eigenvalue weighted by Crippen LogP contribution is 2.59. The largest absolute Gasteiger partial charge is 0.477 e. The lowest BCUT2D eigenvalue weighted by molar-refractivity contribution is -0.190. The van der Waals surface area contributed by atoms with Gasteiger partial charge in [0.05, 0.1) is 17.6 Å². The van der Waals surface area contributed by atoms with Crippen molar-refractivity contribution in [3.05, 3.63) is 53.3 Å². The van der Waals surface area contributed by atoms with Crippen LogP contribution in [0.15, 0.2) is 47.6 Å². The van der Waals surface area contributed by atoms with E-state index in [-0.39, 0.29) is 60.0 Å². The summed E-state index contributed by atoms with van der Waals surface area (Å²) in [6.45, 7) is 4.45. The average Bonchev–Trinajstić information content (AvgIpc) is 3.54. The van der Waals surface area contributed by atoms with Crippen molar-refractivity contribution in [1.82, 2.24) is 29.4 Å². The van der Waals surface area contributed by atoms with Gasteiger partial charge in [-0.05, 0) is 76.1 Å². The molecule has 0 spiro atoms. The molecule has 3 N–H and O–H groups in total. The molecule has 1 saturated heterocycles. The average molecular weight is 700 g/mol. The highest BCUT2D eigenvalue weighted by atomic mass is 35.5. The van der Waals surface area contributed by atoms with E-state index in [0.717, 1.165) is 0 Å². The highest BCUT2D eigenvalue weighted by Gasteiger charge is 2.62. The van der Waals surface area contributed by atoms with Crippen molar-refractivity contribution in [3.63, 3.8) is 0 Å². The van der Waals surface area contributed by atoms with E-state index in [4.69, 9.17) is 16.3 Å². The monoisotopic (exact) mass is 699 g/mol. The van der Waals surface area contributed by atoms with E-state index < -0.39 is 44.2 Å². The first kappa shape index (κ1) is 34.2. The number of sulfonamides is 1. The number of anilines is 1. The van der Waals surface area contributed by atoms with Crippen molar-refractivity contribution in [2.45, 2.75) is 62.7 Å². The van der Waals surface area contributed by atoms with Gasteiger partial charge in [-0.25, -0.2) is 24.2 Å². The summed E-state index contributed by atoms with van der Waals surface area (Å²) in [4.78, 5) is 34.0. The lowest BCUT2D eigenvalue weighted by atomic mass is 9.86. The van der Waals surface area contributed by atoms with Crippen LogP contribution in [0.3, 0.4) is 0 Å².